The first kappa shape index (κ1) is 16.0. The minimum absolute atomic E-state index is 0.00562. The summed E-state index contributed by atoms with van der Waals surface area (Å²) in [4.78, 5) is 35.2. The molecule has 0 atom stereocenters. The molecule has 0 radical (unpaired) electrons. The molecule has 2 N–H and O–H groups in total. The largest absolute Gasteiger partial charge is 0.481 e. The number of amides is 2. The molecule has 1 aliphatic heterocycles. The van der Waals surface area contributed by atoms with Gasteiger partial charge in [-0.3, -0.25) is 14.4 Å². The minimum Gasteiger partial charge on any atom is -0.481 e. The third kappa shape index (κ3) is 5.17. The first-order valence-electron chi connectivity index (χ1n) is 5.94. The van der Waals surface area contributed by atoms with Gasteiger partial charge in [0.05, 0.1) is 5.75 Å². The summed E-state index contributed by atoms with van der Waals surface area (Å²) >= 11 is 3.43. The molecule has 1 saturated heterocycles. The summed E-state index contributed by atoms with van der Waals surface area (Å²) in [5.74, 6) is -0.516. The lowest BCUT2D eigenvalue weighted by atomic mass is 10.4. The number of aromatic nitrogens is 2. The molecule has 1 aromatic heterocycles. The maximum atomic E-state index is 11.7. The van der Waals surface area contributed by atoms with E-state index in [1.165, 1.54) is 11.8 Å². The van der Waals surface area contributed by atoms with Gasteiger partial charge in [-0.05, 0) is 0 Å². The van der Waals surface area contributed by atoms with Crippen molar-refractivity contribution in [2.75, 3.05) is 29.9 Å². The molecule has 1 aromatic rings. The Morgan fingerprint density at radius 3 is 2.90 bits per heavy atom. The predicted octanol–water partition coefficient (Wildman–Crippen LogP) is 1.21. The molecule has 2 heterocycles. The highest BCUT2D eigenvalue weighted by Crippen LogP contribution is 2.25. The van der Waals surface area contributed by atoms with Gasteiger partial charge in [-0.25, -0.2) is 0 Å². The summed E-state index contributed by atoms with van der Waals surface area (Å²) in [6.07, 6.45) is 0.198. The fraction of sp³-hybridized carbons (Fsp3) is 0.500. The van der Waals surface area contributed by atoms with Crippen LogP contribution in [0, 0.1) is 0 Å². The summed E-state index contributed by atoms with van der Waals surface area (Å²) in [7, 11) is 0. The molecule has 0 unspecified atom stereocenters. The van der Waals surface area contributed by atoms with E-state index in [0.29, 0.717) is 22.6 Å². The summed E-state index contributed by atoms with van der Waals surface area (Å²) in [6, 6.07) is 0. The third-order valence-electron chi connectivity index (χ3n) is 2.43. The van der Waals surface area contributed by atoms with Crippen molar-refractivity contribution in [2.45, 2.75) is 10.8 Å². The number of carboxylic acids is 1. The molecule has 2 rings (SSSR count). The van der Waals surface area contributed by atoms with Crippen LogP contribution in [0.4, 0.5) is 9.93 Å². The van der Waals surface area contributed by atoms with Crippen LogP contribution in [0.3, 0.4) is 0 Å². The predicted molar refractivity (Wildman–Crippen MR) is 80.9 cm³/mol. The van der Waals surface area contributed by atoms with Crippen molar-refractivity contribution in [3.05, 3.63) is 0 Å². The topological polar surface area (TPSA) is 112 Å². The average molecular weight is 348 g/mol. The second-order valence-corrected chi connectivity index (χ2v) is 7.20. The second kappa shape index (κ2) is 7.61. The van der Waals surface area contributed by atoms with Gasteiger partial charge in [-0.2, -0.15) is 0 Å². The Bertz CT molecular complexity index is 550. The number of rotatable bonds is 7. The number of carbonyl (C=O) groups excluding carboxylic acids is 2. The van der Waals surface area contributed by atoms with Crippen molar-refractivity contribution >= 4 is 57.1 Å². The Balaban J connectivity index is 1.74. The molecular weight excluding hydrogens is 336 g/mol. The van der Waals surface area contributed by atoms with Crippen molar-refractivity contribution < 1.29 is 19.5 Å². The number of aliphatic carboxylic acids is 1. The SMILES string of the molecule is O=C(O)CSc1nnc(NC(=O)CCN2CCSC2=O)s1. The Morgan fingerprint density at radius 1 is 1.43 bits per heavy atom. The maximum absolute atomic E-state index is 11.7. The van der Waals surface area contributed by atoms with E-state index in [4.69, 9.17) is 5.11 Å². The van der Waals surface area contributed by atoms with Crippen molar-refractivity contribution in [2.24, 2.45) is 0 Å². The first-order chi connectivity index (χ1) is 10.0. The van der Waals surface area contributed by atoms with Crippen molar-refractivity contribution in [3.8, 4) is 0 Å². The third-order valence-corrected chi connectivity index (χ3v) is 5.27. The maximum Gasteiger partial charge on any atom is 0.313 e. The van der Waals surface area contributed by atoms with E-state index in [1.54, 1.807) is 4.90 Å². The molecule has 1 fully saturated rings. The lowest BCUT2D eigenvalue weighted by Crippen LogP contribution is -2.27. The van der Waals surface area contributed by atoms with Crippen LogP contribution in [0.25, 0.3) is 0 Å². The lowest BCUT2D eigenvalue weighted by Gasteiger charge is -2.13. The van der Waals surface area contributed by atoms with Crippen LogP contribution in [0.2, 0.25) is 0 Å². The molecule has 0 saturated carbocycles. The van der Waals surface area contributed by atoms with Crippen LogP contribution in [0.15, 0.2) is 4.34 Å². The van der Waals surface area contributed by atoms with Gasteiger partial charge >= 0.3 is 5.97 Å². The Kier molecular flexibility index (Phi) is 5.82. The van der Waals surface area contributed by atoms with Gasteiger partial charge in [-0.1, -0.05) is 34.9 Å². The molecule has 114 valence electrons. The second-order valence-electron chi connectivity index (χ2n) is 3.96. The van der Waals surface area contributed by atoms with E-state index < -0.39 is 5.97 Å². The number of nitrogens with one attached hydrogen (secondary N) is 1. The zero-order valence-electron chi connectivity index (χ0n) is 10.8. The van der Waals surface area contributed by atoms with Crippen LogP contribution in [0.1, 0.15) is 6.42 Å². The molecule has 8 nitrogen and oxygen atoms in total. The number of hydrogen-bond acceptors (Lipinski definition) is 8. The molecule has 0 bridgehead atoms. The molecule has 21 heavy (non-hydrogen) atoms. The smallest absolute Gasteiger partial charge is 0.313 e. The van der Waals surface area contributed by atoms with Gasteiger partial charge in [-0.15, -0.1) is 10.2 Å². The van der Waals surface area contributed by atoms with Crippen molar-refractivity contribution in [1.29, 1.82) is 0 Å². The van der Waals surface area contributed by atoms with Gasteiger partial charge < -0.3 is 15.3 Å². The zero-order valence-corrected chi connectivity index (χ0v) is 13.2. The summed E-state index contributed by atoms with van der Waals surface area (Å²) in [5.41, 5.74) is 0. The normalized spacial score (nSPS) is 14.5. The quantitative estimate of drug-likeness (QED) is 0.558. The van der Waals surface area contributed by atoms with E-state index in [-0.39, 0.29) is 23.3 Å². The first-order valence-corrected chi connectivity index (χ1v) is 8.73. The molecule has 11 heteroatoms. The fourth-order valence-electron chi connectivity index (χ4n) is 1.49. The number of carbonyl (C=O) groups is 3. The lowest BCUT2D eigenvalue weighted by molar-refractivity contribution is -0.133. The van der Waals surface area contributed by atoms with E-state index in [2.05, 4.69) is 15.5 Å². The van der Waals surface area contributed by atoms with E-state index in [0.717, 1.165) is 28.9 Å². The van der Waals surface area contributed by atoms with E-state index in [1.807, 2.05) is 0 Å². The van der Waals surface area contributed by atoms with Gasteiger partial charge in [0, 0.05) is 25.3 Å². The Hall–Kier alpha value is -1.33. The molecule has 0 aromatic carbocycles. The highest BCUT2D eigenvalue weighted by molar-refractivity contribution is 8.13. The summed E-state index contributed by atoms with van der Waals surface area (Å²) < 4.78 is 0.485. The molecule has 0 aliphatic carbocycles. The zero-order chi connectivity index (χ0) is 15.2. The van der Waals surface area contributed by atoms with Crippen molar-refractivity contribution in [1.82, 2.24) is 15.1 Å². The molecule has 0 spiro atoms. The van der Waals surface area contributed by atoms with E-state index in [9.17, 15) is 14.4 Å². The monoisotopic (exact) mass is 348 g/mol. The van der Waals surface area contributed by atoms with Crippen molar-refractivity contribution in [3.63, 3.8) is 0 Å². The number of nitrogens with zero attached hydrogens (tertiary/aromatic N) is 3. The van der Waals surface area contributed by atoms with Gasteiger partial charge in [0.1, 0.15) is 0 Å². The molecular formula is C10H12N4O4S3. The number of anilines is 1. The highest BCUT2D eigenvalue weighted by atomic mass is 32.2. The van der Waals surface area contributed by atoms with Gasteiger partial charge in [0.2, 0.25) is 11.0 Å². The Labute approximate surface area is 132 Å². The van der Waals surface area contributed by atoms with Gasteiger partial charge in [0.15, 0.2) is 4.34 Å². The average Bonchev–Trinajstić information content (AvgIpc) is 3.03. The van der Waals surface area contributed by atoms with Crippen LogP contribution in [-0.4, -0.2) is 61.9 Å². The van der Waals surface area contributed by atoms with Crippen LogP contribution < -0.4 is 5.32 Å². The van der Waals surface area contributed by atoms with Crippen LogP contribution in [0.5, 0.6) is 0 Å². The minimum atomic E-state index is -0.936. The Morgan fingerprint density at radius 2 is 2.24 bits per heavy atom. The summed E-state index contributed by atoms with van der Waals surface area (Å²) in [5, 5.41) is 19.0. The number of hydrogen-bond donors (Lipinski definition) is 2. The van der Waals surface area contributed by atoms with E-state index >= 15 is 0 Å². The van der Waals surface area contributed by atoms with Gasteiger partial charge in [0.25, 0.3) is 5.24 Å². The number of carboxylic acid groups (broad SMARTS) is 1. The number of thioether (sulfide) groups is 2. The standard InChI is InChI=1S/C10H12N4O4S3/c15-6(1-2-14-3-4-19-10(14)18)11-8-12-13-9(21-8)20-5-7(16)17/h1-5H2,(H,16,17)(H,11,12,15). The fourth-order valence-corrected chi connectivity index (χ4v) is 3.83. The molecule has 2 amide bonds. The van der Waals surface area contributed by atoms with Crippen LogP contribution >= 0.6 is 34.9 Å². The molecule has 1 aliphatic rings. The van der Waals surface area contributed by atoms with Crippen LogP contribution in [-0.2, 0) is 9.59 Å². The summed E-state index contributed by atoms with van der Waals surface area (Å²) in [6.45, 7) is 1.06. The highest BCUT2D eigenvalue weighted by Gasteiger charge is 2.21.